The predicted octanol–water partition coefficient (Wildman–Crippen LogP) is 6.35. The van der Waals surface area contributed by atoms with Gasteiger partial charge in [-0.05, 0) is 55.5 Å². The van der Waals surface area contributed by atoms with Crippen LogP contribution in [0.2, 0.25) is 0 Å². The number of aromatic nitrogens is 3. The molecule has 0 spiro atoms. The van der Waals surface area contributed by atoms with Crippen LogP contribution in [0.4, 0.5) is 5.69 Å². The summed E-state index contributed by atoms with van der Waals surface area (Å²) in [5, 5.41) is 5.71. The van der Waals surface area contributed by atoms with Crippen molar-refractivity contribution in [2.24, 2.45) is 0 Å². The maximum Gasteiger partial charge on any atom is 0.338 e. The molecule has 1 aliphatic heterocycles. The number of esters is 1. The van der Waals surface area contributed by atoms with Crippen LogP contribution in [0.5, 0.6) is 5.75 Å². The van der Waals surface area contributed by atoms with Gasteiger partial charge < -0.3 is 14.4 Å². The summed E-state index contributed by atoms with van der Waals surface area (Å²) in [6.45, 7) is 4.15. The molecule has 8 heteroatoms. The van der Waals surface area contributed by atoms with Crippen molar-refractivity contribution >= 4 is 28.0 Å². The number of carbonyl (C=O) groups is 1. The van der Waals surface area contributed by atoms with Gasteiger partial charge in [-0.3, -0.25) is 0 Å². The van der Waals surface area contributed by atoms with Crippen LogP contribution in [0.3, 0.4) is 0 Å². The Hall–Kier alpha value is -4.17. The van der Waals surface area contributed by atoms with Gasteiger partial charge in [0.2, 0.25) is 4.96 Å². The van der Waals surface area contributed by atoms with Gasteiger partial charge in [-0.2, -0.15) is 5.10 Å². The monoisotopic (exact) mass is 524 g/mol. The average Bonchev–Trinajstić information content (AvgIpc) is 3.56. The zero-order valence-electron chi connectivity index (χ0n) is 21.1. The van der Waals surface area contributed by atoms with Crippen molar-refractivity contribution < 1.29 is 14.3 Å². The summed E-state index contributed by atoms with van der Waals surface area (Å²) >= 11 is 1.54. The Morgan fingerprint density at radius 2 is 1.66 bits per heavy atom. The number of nitrogens with zero attached hydrogens (tertiary/aromatic N) is 4. The molecule has 0 atom stereocenters. The fourth-order valence-electron chi connectivity index (χ4n) is 4.74. The number of rotatable bonds is 7. The van der Waals surface area contributed by atoms with Crippen LogP contribution in [-0.2, 0) is 4.74 Å². The summed E-state index contributed by atoms with van der Waals surface area (Å²) in [4.78, 5) is 19.7. The van der Waals surface area contributed by atoms with Crippen LogP contribution in [0.15, 0.2) is 85.1 Å². The molecule has 1 saturated heterocycles. The van der Waals surface area contributed by atoms with E-state index >= 15 is 0 Å². The molecule has 0 unspecified atom stereocenters. The zero-order chi connectivity index (χ0) is 25.9. The first-order valence-corrected chi connectivity index (χ1v) is 13.7. The standard InChI is InChI=1S/C30H28N4O3S/c1-2-36-29(35)23-10-8-21(9-11-23)27-20-31-30-34(27)32-28(38-30)22-12-14-25(15-13-22)37-26-16-18-33(19-17-26)24-6-4-3-5-7-24/h3-15,20,26H,2,16-19H2,1H3. The molecule has 1 aliphatic rings. The highest BCUT2D eigenvalue weighted by Gasteiger charge is 2.21. The lowest BCUT2D eigenvalue weighted by Crippen LogP contribution is -2.38. The van der Waals surface area contributed by atoms with E-state index in [1.807, 2.05) is 35.0 Å². The van der Waals surface area contributed by atoms with Crippen LogP contribution in [0.25, 0.3) is 26.8 Å². The van der Waals surface area contributed by atoms with Crippen molar-refractivity contribution in [3.8, 4) is 27.6 Å². The van der Waals surface area contributed by atoms with Gasteiger partial charge in [0.15, 0.2) is 0 Å². The van der Waals surface area contributed by atoms with Gasteiger partial charge in [0.25, 0.3) is 0 Å². The molecule has 192 valence electrons. The molecule has 5 aromatic rings. The third-order valence-electron chi connectivity index (χ3n) is 6.74. The summed E-state index contributed by atoms with van der Waals surface area (Å²) in [6, 6.07) is 26.1. The number of piperidine rings is 1. The van der Waals surface area contributed by atoms with Gasteiger partial charge >= 0.3 is 5.97 Å². The number of ether oxygens (including phenoxy) is 2. The van der Waals surface area contributed by atoms with Crippen molar-refractivity contribution in [1.29, 1.82) is 0 Å². The van der Waals surface area contributed by atoms with E-state index in [-0.39, 0.29) is 12.1 Å². The van der Waals surface area contributed by atoms with Crippen molar-refractivity contribution in [3.63, 3.8) is 0 Å². The lowest BCUT2D eigenvalue weighted by molar-refractivity contribution is 0.0526. The molecule has 0 amide bonds. The van der Waals surface area contributed by atoms with Crippen LogP contribution >= 0.6 is 11.3 Å². The zero-order valence-corrected chi connectivity index (χ0v) is 21.9. The number of benzene rings is 3. The normalized spacial score (nSPS) is 14.1. The van der Waals surface area contributed by atoms with Crippen LogP contribution in [0, 0.1) is 0 Å². The van der Waals surface area contributed by atoms with Gasteiger partial charge in [0, 0.05) is 42.7 Å². The minimum Gasteiger partial charge on any atom is -0.490 e. The molecule has 1 fully saturated rings. The third kappa shape index (κ3) is 4.99. The van der Waals surface area contributed by atoms with E-state index in [2.05, 4.69) is 52.3 Å². The molecule has 0 saturated carbocycles. The fraction of sp³-hybridized carbons (Fsp3) is 0.233. The van der Waals surface area contributed by atoms with Crippen LogP contribution in [0.1, 0.15) is 30.1 Å². The Balaban J connectivity index is 1.12. The van der Waals surface area contributed by atoms with E-state index in [9.17, 15) is 4.79 Å². The molecule has 0 bridgehead atoms. The molecule has 38 heavy (non-hydrogen) atoms. The van der Waals surface area contributed by atoms with Gasteiger partial charge in [-0.25, -0.2) is 14.3 Å². The molecule has 3 aromatic carbocycles. The summed E-state index contributed by atoms with van der Waals surface area (Å²) in [5.41, 5.74) is 4.64. The SMILES string of the molecule is CCOC(=O)c1ccc(-c2cnc3sc(-c4ccc(OC5CCN(c6ccccc6)CC5)cc4)nn23)cc1. The Bertz CT molecular complexity index is 1520. The van der Waals surface area contributed by atoms with Crippen LogP contribution < -0.4 is 9.64 Å². The summed E-state index contributed by atoms with van der Waals surface area (Å²) in [6.07, 6.45) is 4.04. The van der Waals surface area contributed by atoms with Crippen molar-refractivity contribution in [2.75, 3.05) is 24.6 Å². The minimum absolute atomic E-state index is 0.224. The molecular formula is C30H28N4O3S. The molecule has 7 nitrogen and oxygen atoms in total. The molecule has 6 rings (SSSR count). The van der Waals surface area contributed by atoms with Crippen LogP contribution in [-0.4, -0.2) is 46.4 Å². The largest absolute Gasteiger partial charge is 0.490 e. The van der Waals surface area contributed by atoms with E-state index in [4.69, 9.17) is 14.6 Å². The second kappa shape index (κ2) is 10.7. The number of imidazole rings is 1. The molecular weight excluding hydrogens is 496 g/mol. The van der Waals surface area contributed by atoms with E-state index in [0.29, 0.717) is 12.2 Å². The number of hydrogen-bond donors (Lipinski definition) is 0. The predicted molar refractivity (Wildman–Crippen MR) is 150 cm³/mol. The third-order valence-corrected chi connectivity index (χ3v) is 7.72. The number of para-hydroxylation sites is 1. The highest BCUT2D eigenvalue weighted by molar-refractivity contribution is 7.19. The first-order chi connectivity index (χ1) is 18.7. The second-order valence-corrected chi connectivity index (χ2v) is 10.2. The van der Waals surface area contributed by atoms with Crippen molar-refractivity contribution in [1.82, 2.24) is 14.6 Å². The van der Waals surface area contributed by atoms with Gasteiger partial charge in [-0.1, -0.05) is 41.7 Å². The molecule has 0 N–H and O–H groups in total. The molecule has 3 heterocycles. The maximum absolute atomic E-state index is 12.0. The van der Waals surface area contributed by atoms with Gasteiger partial charge in [0.1, 0.15) is 16.9 Å². The number of fused-ring (bicyclic) bond motifs is 1. The second-order valence-electron chi connectivity index (χ2n) is 9.21. The maximum atomic E-state index is 12.0. The highest BCUT2D eigenvalue weighted by Crippen LogP contribution is 2.31. The minimum atomic E-state index is -0.321. The summed E-state index contributed by atoms with van der Waals surface area (Å²) in [5.74, 6) is 0.564. The van der Waals surface area contributed by atoms with E-state index in [1.54, 1.807) is 30.4 Å². The van der Waals surface area contributed by atoms with E-state index < -0.39 is 0 Å². The average molecular weight is 525 g/mol. The van der Waals surface area contributed by atoms with Crippen molar-refractivity contribution in [3.05, 3.63) is 90.6 Å². The van der Waals surface area contributed by atoms with E-state index in [1.165, 1.54) is 5.69 Å². The first-order valence-electron chi connectivity index (χ1n) is 12.9. The first kappa shape index (κ1) is 24.2. The number of anilines is 1. The lowest BCUT2D eigenvalue weighted by Gasteiger charge is -2.33. The Morgan fingerprint density at radius 3 is 2.37 bits per heavy atom. The smallest absolute Gasteiger partial charge is 0.338 e. The van der Waals surface area contributed by atoms with E-state index in [0.717, 1.165) is 58.5 Å². The summed E-state index contributed by atoms with van der Waals surface area (Å²) in [7, 11) is 0. The molecule has 0 radical (unpaired) electrons. The molecule has 2 aromatic heterocycles. The van der Waals surface area contributed by atoms with Gasteiger partial charge in [-0.15, -0.1) is 0 Å². The quantitative estimate of drug-likeness (QED) is 0.231. The van der Waals surface area contributed by atoms with Gasteiger partial charge in [0.05, 0.1) is 24.1 Å². The highest BCUT2D eigenvalue weighted by atomic mass is 32.1. The number of hydrogen-bond acceptors (Lipinski definition) is 7. The topological polar surface area (TPSA) is 69.0 Å². The molecule has 0 aliphatic carbocycles. The Morgan fingerprint density at radius 1 is 0.947 bits per heavy atom. The fourth-order valence-corrected chi connectivity index (χ4v) is 5.62. The summed E-state index contributed by atoms with van der Waals surface area (Å²) < 4.78 is 13.2. The van der Waals surface area contributed by atoms with Crippen molar-refractivity contribution in [2.45, 2.75) is 25.9 Å². The Labute approximate surface area is 225 Å². The Kier molecular flexibility index (Phi) is 6.79. The number of carbonyl (C=O) groups excluding carboxylic acids is 1. The lowest BCUT2D eigenvalue weighted by atomic mass is 10.1.